The maximum atomic E-state index is 10.3. The molecule has 2 N–H and O–H groups in total. The summed E-state index contributed by atoms with van der Waals surface area (Å²) in [5.41, 5.74) is 6.02. The second-order valence-electron chi connectivity index (χ2n) is 11.0. The molecule has 4 nitrogen and oxygen atoms in total. The number of rotatable bonds is 4. The summed E-state index contributed by atoms with van der Waals surface area (Å²) in [6, 6.07) is 18.1. The molecule has 1 fully saturated rings. The molecule has 0 aliphatic heterocycles. The van der Waals surface area contributed by atoms with E-state index in [1.54, 1.807) is 0 Å². The lowest BCUT2D eigenvalue weighted by atomic mass is 9.85. The first-order valence-corrected chi connectivity index (χ1v) is 13.1. The highest BCUT2D eigenvalue weighted by Gasteiger charge is 2.17. The van der Waals surface area contributed by atoms with Gasteiger partial charge in [0.25, 0.3) is 0 Å². The highest BCUT2D eigenvalue weighted by Crippen LogP contribution is 2.25. The quantitative estimate of drug-likeness (QED) is 0.507. The smallest absolute Gasteiger partial charge is 0.273 e. The van der Waals surface area contributed by atoms with E-state index in [-0.39, 0.29) is 16.9 Å². The van der Waals surface area contributed by atoms with Crippen LogP contribution in [0.15, 0.2) is 48.5 Å². The van der Waals surface area contributed by atoms with E-state index in [2.05, 4.69) is 94.8 Å². The number of nitrogens with one attached hydrogen (secondary N) is 1. The van der Waals surface area contributed by atoms with E-state index in [1.165, 1.54) is 28.7 Å². The van der Waals surface area contributed by atoms with Crippen LogP contribution in [0.4, 0.5) is 0 Å². The van der Waals surface area contributed by atoms with E-state index in [0.29, 0.717) is 0 Å². The van der Waals surface area contributed by atoms with Gasteiger partial charge in [-0.05, 0) is 52.3 Å². The predicted molar refractivity (Wildman–Crippen MR) is 135 cm³/mol. The third kappa shape index (κ3) is 9.43. The van der Waals surface area contributed by atoms with Crippen molar-refractivity contribution in [3.63, 3.8) is 0 Å². The lowest BCUT2D eigenvalue weighted by Crippen LogP contribution is -2.35. The number of hydrogen-bond donors (Lipinski definition) is 2. The Kier molecular flexibility index (Phi) is 9.09. The van der Waals surface area contributed by atoms with Crippen LogP contribution in [0.1, 0.15) is 95.9 Å². The molecule has 1 aliphatic carbocycles. The highest BCUT2D eigenvalue weighted by molar-refractivity contribution is 7.83. The Bertz CT molecular complexity index is 873. The summed E-state index contributed by atoms with van der Waals surface area (Å²) in [6.45, 7) is 13.5. The molecule has 178 valence electrons. The summed E-state index contributed by atoms with van der Waals surface area (Å²) in [5.74, 6) is 0. The van der Waals surface area contributed by atoms with Crippen molar-refractivity contribution in [2.45, 2.75) is 96.9 Å². The van der Waals surface area contributed by atoms with Gasteiger partial charge in [0, 0.05) is 6.04 Å². The molecule has 0 amide bonds. The van der Waals surface area contributed by atoms with Gasteiger partial charge in [-0.25, -0.2) is 0 Å². The molecule has 32 heavy (non-hydrogen) atoms. The van der Waals surface area contributed by atoms with Crippen LogP contribution in [0.3, 0.4) is 0 Å². The highest BCUT2D eigenvalue weighted by atomic mass is 32.2. The summed E-state index contributed by atoms with van der Waals surface area (Å²) in [7, 11) is -3.97. The first-order valence-electron chi connectivity index (χ1n) is 11.7. The van der Waals surface area contributed by atoms with Crippen molar-refractivity contribution in [2.24, 2.45) is 0 Å². The van der Waals surface area contributed by atoms with Crippen molar-refractivity contribution in [2.75, 3.05) is 0 Å². The molecule has 3 rings (SSSR count). The summed E-state index contributed by atoms with van der Waals surface area (Å²) < 4.78 is 31.3. The first-order chi connectivity index (χ1) is 14.7. The zero-order valence-electron chi connectivity index (χ0n) is 20.6. The fourth-order valence-electron chi connectivity index (χ4n) is 3.91. The molecule has 0 atom stereocenters. The molecule has 0 spiro atoms. The van der Waals surface area contributed by atoms with Crippen LogP contribution in [-0.2, 0) is 27.6 Å². The largest absolute Gasteiger partial charge is 0.333 e. The molecule has 5 heteroatoms. The predicted octanol–water partition coefficient (Wildman–Crippen LogP) is 6.58. The molecule has 2 aromatic carbocycles. The summed E-state index contributed by atoms with van der Waals surface area (Å²) in [6.07, 6.45) is 5.97. The van der Waals surface area contributed by atoms with Gasteiger partial charge in [-0.3, -0.25) is 4.55 Å². The van der Waals surface area contributed by atoms with Crippen molar-refractivity contribution in [1.82, 2.24) is 4.72 Å². The Morgan fingerprint density at radius 1 is 0.750 bits per heavy atom. The van der Waals surface area contributed by atoms with Gasteiger partial charge < -0.3 is 0 Å². The molecular formula is C27H41NO3S. The van der Waals surface area contributed by atoms with Crippen LogP contribution < -0.4 is 4.72 Å². The molecule has 1 aliphatic rings. The Hall–Kier alpha value is -1.69. The van der Waals surface area contributed by atoms with Crippen molar-refractivity contribution in [1.29, 1.82) is 0 Å². The van der Waals surface area contributed by atoms with E-state index >= 15 is 0 Å². The Balaban J connectivity index is 0.000000278. The molecule has 0 heterocycles. The van der Waals surface area contributed by atoms with Crippen LogP contribution in [0.5, 0.6) is 0 Å². The van der Waals surface area contributed by atoms with Gasteiger partial charge >= 0.3 is 10.3 Å². The van der Waals surface area contributed by atoms with E-state index in [1.807, 2.05) is 0 Å². The average Bonchev–Trinajstić information content (AvgIpc) is 2.67. The second-order valence-corrected chi connectivity index (χ2v) is 12.2. The van der Waals surface area contributed by atoms with Gasteiger partial charge in [0.1, 0.15) is 0 Å². The van der Waals surface area contributed by atoms with Crippen LogP contribution in [-0.4, -0.2) is 19.0 Å². The molecule has 1 saturated carbocycles. The zero-order chi connectivity index (χ0) is 24.0. The topological polar surface area (TPSA) is 66.4 Å². The Labute approximate surface area is 195 Å². The van der Waals surface area contributed by atoms with E-state index in [0.717, 1.165) is 32.1 Å². The van der Waals surface area contributed by atoms with Crippen molar-refractivity contribution in [3.05, 3.63) is 70.8 Å². The second kappa shape index (κ2) is 11.0. The molecule has 0 saturated heterocycles. The molecular weight excluding hydrogens is 418 g/mol. The molecule has 0 unspecified atom stereocenters. The maximum Gasteiger partial charge on any atom is 0.333 e. The third-order valence-corrected chi connectivity index (χ3v) is 6.60. The monoisotopic (exact) mass is 459 g/mol. The summed E-state index contributed by atoms with van der Waals surface area (Å²) in [4.78, 5) is 0. The fraction of sp³-hybridized carbons (Fsp3) is 0.556. The van der Waals surface area contributed by atoms with Crippen molar-refractivity contribution >= 4 is 10.3 Å². The van der Waals surface area contributed by atoms with Gasteiger partial charge in [-0.2, -0.15) is 13.1 Å². The van der Waals surface area contributed by atoms with Crippen LogP contribution in [0.25, 0.3) is 0 Å². The number of benzene rings is 2. The fourth-order valence-corrected chi connectivity index (χ4v) is 4.57. The van der Waals surface area contributed by atoms with Gasteiger partial charge in [0.05, 0.1) is 0 Å². The molecule has 0 bridgehead atoms. The van der Waals surface area contributed by atoms with E-state index < -0.39 is 10.3 Å². The standard InChI is InChI=1S/C21H28.C6H13NO3S/c1-20(2,3)18-11-7-16(8-12-18)15-17-9-13-19(14-10-17)21(4,5)6;8-11(9,10)7-6-4-2-1-3-5-6/h7-14H,15H2,1-6H3;6-7H,1-5H2,(H,8,9,10). The molecule has 0 radical (unpaired) electrons. The normalized spacial score (nSPS) is 15.7. The van der Waals surface area contributed by atoms with E-state index in [9.17, 15) is 8.42 Å². The zero-order valence-corrected chi connectivity index (χ0v) is 21.4. The van der Waals surface area contributed by atoms with Gasteiger partial charge in [0.2, 0.25) is 0 Å². The third-order valence-electron chi connectivity index (χ3n) is 5.97. The molecule has 0 aromatic heterocycles. The minimum atomic E-state index is -3.97. The minimum Gasteiger partial charge on any atom is -0.273 e. The minimum absolute atomic E-state index is 0.0428. The van der Waals surface area contributed by atoms with Crippen molar-refractivity contribution < 1.29 is 13.0 Å². The van der Waals surface area contributed by atoms with Gasteiger partial charge in [-0.15, -0.1) is 0 Å². The van der Waals surface area contributed by atoms with Crippen LogP contribution in [0.2, 0.25) is 0 Å². The summed E-state index contributed by atoms with van der Waals surface area (Å²) >= 11 is 0. The lowest BCUT2D eigenvalue weighted by Gasteiger charge is -2.20. The summed E-state index contributed by atoms with van der Waals surface area (Å²) in [5, 5.41) is 0. The van der Waals surface area contributed by atoms with Crippen molar-refractivity contribution in [3.8, 4) is 0 Å². The SMILES string of the molecule is CC(C)(C)c1ccc(Cc2ccc(C(C)(C)C)cc2)cc1.O=S(=O)(O)NC1CCCCC1. The first kappa shape index (κ1) is 26.6. The van der Waals surface area contributed by atoms with Crippen LogP contribution >= 0.6 is 0 Å². The lowest BCUT2D eigenvalue weighted by molar-refractivity contribution is 0.389. The van der Waals surface area contributed by atoms with Gasteiger partial charge in [0.15, 0.2) is 0 Å². The van der Waals surface area contributed by atoms with E-state index in [4.69, 9.17) is 4.55 Å². The Morgan fingerprint density at radius 2 is 1.12 bits per heavy atom. The number of hydrogen-bond acceptors (Lipinski definition) is 2. The van der Waals surface area contributed by atoms with Crippen LogP contribution in [0, 0.1) is 0 Å². The average molecular weight is 460 g/mol. The maximum absolute atomic E-state index is 10.3. The Morgan fingerprint density at radius 3 is 1.44 bits per heavy atom. The molecule has 2 aromatic rings. The van der Waals surface area contributed by atoms with Gasteiger partial charge in [-0.1, -0.05) is 109 Å².